The van der Waals surface area contributed by atoms with Gasteiger partial charge in [0.15, 0.2) is 17.1 Å². The quantitative estimate of drug-likeness (QED) is 0.684. The molecule has 158 valence electrons. The van der Waals surface area contributed by atoms with Crippen LogP contribution in [0.5, 0.6) is 11.5 Å². The van der Waals surface area contributed by atoms with Crippen molar-refractivity contribution >= 4 is 16.9 Å². The molecule has 7 nitrogen and oxygen atoms in total. The molecule has 1 aromatic carbocycles. The lowest BCUT2D eigenvalue weighted by atomic mass is 10.0. The van der Waals surface area contributed by atoms with Gasteiger partial charge in [-0.2, -0.15) is 5.10 Å². The van der Waals surface area contributed by atoms with E-state index in [2.05, 4.69) is 24.3 Å². The molecule has 0 saturated carbocycles. The highest BCUT2D eigenvalue weighted by Gasteiger charge is 2.21. The molecular weight excluding hydrogens is 380 g/mol. The maximum Gasteiger partial charge on any atom is 0.252 e. The lowest BCUT2D eigenvalue weighted by molar-refractivity contribution is 0.0932. The molecule has 0 unspecified atom stereocenters. The average molecular weight is 409 g/mol. The summed E-state index contributed by atoms with van der Waals surface area (Å²) >= 11 is 0. The number of aromatic nitrogens is 3. The Morgan fingerprint density at radius 3 is 2.50 bits per heavy atom. The first-order valence-electron chi connectivity index (χ1n) is 10.4. The zero-order valence-corrected chi connectivity index (χ0v) is 18.1. The van der Waals surface area contributed by atoms with Crippen LogP contribution in [-0.2, 0) is 0 Å². The molecule has 1 aliphatic rings. The Balaban J connectivity index is 1.84. The number of pyridine rings is 1. The van der Waals surface area contributed by atoms with E-state index in [1.54, 1.807) is 6.20 Å². The third kappa shape index (κ3) is 3.72. The van der Waals surface area contributed by atoms with Crippen molar-refractivity contribution < 1.29 is 14.3 Å². The van der Waals surface area contributed by atoms with E-state index >= 15 is 0 Å². The smallest absolute Gasteiger partial charge is 0.252 e. The molecule has 1 amide bonds. The number of carbonyl (C=O) groups excluding carboxylic acids is 1. The van der Waals surface area contributed by atoms with Crippen LogP contribution < -0.4 is 14.8 Å². The van der Waals surface area contributed by atoms with E-state index < -0.39 is 0 Å². The Hall–Kier alpha value is -3.09. The second kappa shape index (κ2) is 7.97. The summed E-state index contributed by atoms with van der Waals surface area (Å²) in [5, 5.41) is 8.34. The molecule has 0 saturated heterocycles. The predicted molar refractivity (Wildman–Crippen MR) is 116 cm³/mol. The molecule has 3 heterocycles. The summed E-state index contributed by atoms with van der Waals surface area (Å²) in [4.78, 5) is 18.0. The van der Waals surface area contributed by atoms with E-state index in [-0.39, 0.29) is 18.0 Å². The number of benzene rings is 1. The molecule has 4 rings (SSSR count). The zero-order valence-electron chi connectivity index (χ0n) is 18.1. The maximum absolute atomic E-state index is 13.1. The summed E-state index contributed by atoms with van der Waals surface area (Å²) in [5.41, 5.74) is 2.83. The molecule has 0 spiro atoms. The first kappa shape index (κ1) is 20.2. The predicted octanol–water partition coefficient (Wildman–Crippen LogP) is 4.22. The van der Waals surface area contributed by atoms with E-state index in [0.717, 1.165) is 16.7 Å². The van der Waals surface area contributed by atoms with Gasteiger partial charge in [0.1, 0.15) is 13.2 Å². The molecule has 2 aromatic heterocycles. The monoisotopic (exact) mass is 408 g/mol. The van der Waals surface area contributed by atoms with Gasteiger partial charge in [-0.1, -0.05) is 13.8 Å². The van der Waals surface area contributed by atoms with Crippen LogP contribution >= 0.6 is 0 Å². The maximum atomic E-state index is 13.1. The summed E-state index contributed by atoms with van der Waals surface area (Å²) in [7, 11) is 0. The van der Waals surface area contributed by atoms with E-state index in [0.29, 0.717) is 41.8 Å². The molecule has 7 heteroatoms. The normalized spacial score (nSPS) is 14.4. The average Bonchev–Trinajstić information content (AvgIpc) is 3.16. The molecule has 0 radical (unpaired) electrons. The molecular formula is C23H28N4O3. The van der Waals surface area contributed by atoms with Gasteiger partial charge in [0, 0.05) is 17.6 Å². The van der Waals surface area contributed by atoms with Crippen molar-refractivity contribution in [2.75, 3.05) is 13.2 Å². The molecule has 1 atom stereocenters. The summed E-state index contributed by atoms with van der Waals surface area (Å²) in [6.45, 7) is 11.3. The van der Waals surface area contributed by atoms with Crippen molar-refractivity contribution in [2.45, 2.75) is 46.7 Å². The van der Waals surface area contributed by atoms with Gasteiger partial charge in [-0.25, -0.2) is 9.67 Å². The van der Waals surface area contributed by atoms with E-state index in [1.165, 1.54) is 0 Å². The van der Waals surface area contributed by atoms with Crippen molar-refractivity contribution in [1.29, 1.82) is 0 Å². The second-order valence-electron chi connectivity index (χ2n) is 8.34. The van der Waals surface area contributed by atoms with E-state index in [4.69, 9.17) is 14.5 Å². The van der Waals surface area contributed by atoms with E-state index in [9.17, 15) is 4.79 Å². The fourth-order valence-electron chi connectivity index (χ4n) is 3.39. The Labute approximate surface area is 176 Å². The summed E-state index contributed by atoms with van der Waals surface area (Å²) in [6, 6.07) is 7.75. The minimum Gasteiger partial charge on any atom is -0.486 e. The molecule has 1 N–H and O–H groups in total. The first-order valence-corrected chi connectivity index (χ1v) is 10.4. The number of hydrogen-bond donors (Lipinski definition) is 1. The minimum absolute atomic E-state index is 0.0543. The van der Waals surface area contributed by atoms with Gasteiger partial charge in [0.2, 0.25) is 0 Å². The number of rotatable bonds is 5. The second-order valence-corrected chi connectivity index (χ2v) is 8.34. The van der Waals surface area contributed by atoms with Crippen molar-refractivity contribution in [1.82, 2.24) is 20.1 Å². The number of hydrogen-bond acceptors (Lipinski definition) is 5. The molecule has 0 bridgehead atoms. The van der Waals surface area contributed by atoms with Gasteiger partial charge in [-0.15, -0.1) is 0 Å². The van der Waals surface area contributed by atoms with Gasteiger partial charge < -0.3 is 14.8 Å². The van der Waals surface area contributed by atoms with Crippen LogP contribution in [-0.4, -0.2) is 39.9 Å². The van der Waals surface area contributed by atoms with Gasteiger partial charge in [0.05, 0.1) is 22.8 Å². The first-order chi connectivity index (χ1) is 14.3. The van der Waals surface area contributed by atoms with Gasteiger partial charge in [0.25, 0.3) is 5.91 Å². The highest BCUT2D eigenvalue weighted by molar-refractivity contribution is 6.06. The van der Waals surface area contributed by atoms with Gasteiger partial charge in [-0.3, -0.25) is 4.79 Å². The van der Waals surface area contributed by atoms with Gasteiger partial charge >= 0.3 is 0 Å². The zero-order chi connectivity index (χ0) is 21.4. The number of amides is 1. The number of nitrogens with zero attached hydrogens (tertiary/aromatic N) is 3. The van der Waals surface area contributed by atoms with Crippen molar-refractivity contribution in [3.8, 4) is 22.8 Å². The summed E-state index contributed by atoms with van der Waals surface area (Å²) in [6.07, 6.45) is 1.73. The van der Waals surface area contributed by atoms with Crippen LogP contribution in [0, 0.1) is 5.92 Å². The van der Waals surface area contributed by atoms with Crippen LogP contribution in [0.2, 0.25) is 0 Å². The van der Waals surface area contributed by atoms with Crippen LogP contribution in [0.3, 0.4) is 0 Å². The third-order valence-corrected chi connectivity index (χ3v) is 5.50. The number of nitrogens with one attached hydrogen (secondary N) is 1. The van der Waals surface area contributed by atoms with Crippen LogP contribution in [0.1, 0.15) is 51.0 Å². The van der Waals surface area contributed by atoms with Crippen molar-refractivity contribution in [3.05, 3.63) is 36.0 Å². The number of fused-ring (bicyclic) bond motifs is 2. The van der Waals surface area contributed by atoms with Crippen LogP contribution in [0.4, 0.5) is 0 Å². The number of ether oxygens (including phenoxy) is 2. The highest BCUT2D eigenvalue weighted by atomic mass is 16.6. The Morgan fingerprint density at radius 1 is 1.07 bits per heavy atom. The largest absolute Gasteiger partial charge is 0.486 e. The Kier molecular flexibility index (Phi) is 5.37. The standard InChI is InChI=1S/C23H28N4O3/c1-13(2)15(5)25-23(28)17-11-19(26-22-18(17)12-24-27(22)14(3)4)16-6-7-20-21(10-16)30-9-8-29-20/h6-7,10-15H,8-9H2,1-5H3,(H,25,28)/t15-/m1/s1. The lowest BCUT2D eigenvalue weighted by Gasteiger charge is -2.19. The van der Waals surface area contributed by atoms with Crippen molar-refractivity contribution in [2.24, 2.45) is 5.92 Å². The lowest BCUT2D eigenvalue weighted by Crippen LogP contribution is -2.36. The van der Waals surface area contributed by atoms with Crippen LogP contribution in [0.25, 0.3) is 22.3 Å². The Morgan fingerprint density at radius 2 is 1.80 bits per heavy atom. The SMILES string of the molecule is CC(C)[C@@H](C)NC(=O)c1cc(-c2ccc3c(c2)OCCO3)nc2c1cnn2C(C)C. The minimum atomic E-state index is -0.120. The summed E-state index contributed by atoms with van der Waals surface area (Å²) < 4.78 is 13.2. The fourth-order valence-corrected chi connectivity index (χ4v) is 3.39. The van der Waals surface area contributed by atoms with Crippen molar-refractivity contribution in [3.63, 3.8) is 0 Å². The summed E-state index contributed by atoms with van der Waals surface area (Å²) in [5.74, 6) is 1.63. The topological polar surface area (TPSA) is 78.3 Å². The molecule has 0 aliphatic carbocycles. The third-order valence-electron chi connectivity index (χ3n) is 5.50. The molecule has 3 aromatic rings. The van der Waals surface area contributed by atoms with Crippen LogP contribution in [0.15, 0.2) is 30.5 Å². The molecule has 0 fully saturated rings. The molecule has 1 aliphatic heterocycles. The number of carbonyl (C=O) groups is 1. The Bertz CT molecular complexity index is 1090. The van der Waals surface area contributed by atoms with E-state index in [1.807, 2.05) is 49.7 Å². The fraction of sp³-hybridized carbons (Fsp3) is 0.435. The van der Waals surface area contributed by atoms with Gasteiger partial charge in [-0.05, 0) is 51.0 Å². The highest BCUT2D eigenvalue weighted by Crippen LogP contribution is 2.35. The molecule has 30 heavy (non-hydrogen) atoms.